The maximum Gasteiger partial charge on any atom is 0.0698 e. The molecule has 0 heterocycles. The summed E-state index contributed by atoms with van der Waals surface area (Å²) in [7, 11) is 0. The molecule has 0 fully saturated rings. The molecule has 0 bridgehead atoms. The van der Waals surface area contributed by atoms with E-state index in [2.05, 4.69) is 17.9 Å². The molecule has 5 heteroatoms. The summed E-state index contributed by atoms with van der Waals surface area (Å²) in [4.78, 5) is 0. The van der Waals surface area contributed by atoms with Gasteiger partial charge in [0.15, 0.2) is 0 Å². The fourth-order valence-electron chi connectivity index (χ4n) is 1.54. The van der Waals surface area contributed by atoms with Crippen LogP contribution < -0.4 is 11.1 Å². The van der Waals surface area contributed by atoms with Crippen LogP contribution in [-0.2, 0) is 11.2 Å². The highest BCUT2D eigenvalue weighted by Gasteiger charge is 2.01. The molecule has 96 valence electrons. The van der Waals surface area contributed by atoms with E-state index in [-0.39, 0.29) is 6.61 Å². The van der Waals surface area contributed by atoms with Gasteiger partial charge in [-0.15, -0.1) is 0 Å². The molecule has 0 amide bonds. The van der Waals surface area contributed by atoms with E-state index in [1.54, 1.807) is 0 Å². The van der Waals surface area contributed by atoms with Gasteiger partial charge in [0.2, 0.25) is 0 Å². The van der Waals surface area contributed by atoms with Crippen molar-refractivity contribution < 1.29 is 9.84 Å². The fraction of sp³-hybridized carbons (Fsp3) is 0.500. The summed E-state index contributed by atoms with van der Waals surface area (Å²) in [6.07, 6.45) is 0.883. The second-order valence-corrected chi connectivity index (χ2v) is 4.10. The normalized spacial score (nSPS) is 10.5. The Morgan fingerprint density at radius 1 is 1.35 bits per heavy atom. The summed E-state index contributed by atoms with van der Waals surface area (Å²) >= 11 is 4.23. The monoisotopic (exact) mass is 256 g/mol. The lowest BCUT2D eigenvalue weighted by molar-refractivity contribution is 0.0992. The van der Waals surface area contributed by atoms with Crippen LogP contribution in [0.3, 0.4) is 0 Å². The Morgan fingerprint density at radius 2 is 2.18 bits per heavy atom. The third kappa shape index (κ3) is 5.30. The van der Waals surface area contributed by atoms with Crippen molar-refractivity contribution in [2.75, 3.05) is 43.2 Å². The minimum Gasteiger partial charge on any atom is -0.399 e. The molecular weight excluding hydrogens is 236 g/mol. The van der Waals surface area contributed by atoms with Gasteiger partial charge in [-0.1, -0.05) is 0 Å². The molecule has 0 spiro atoms. The van der Waals surface area contributed by atoms with E-state index in [1.807, 2.05) is 18.2 Å². The SMILES string of the molecule is Nc1ccc(NCCOCCO)c(CCS)c1. The van der Waals surface area contributed by atoms with Gasteiger partial charge in [0.05, 0.1) is 19.8 Å². The molecule has 0 saturated carbocycles. The van der Waals surface area contributed by atoms with Crippen LogP contribution >= 0.6 is 12.6 Å². The first-order valence-corrected chi connectivity index (χ1v) is 6.33. The van der Waals surface area contributed by atoms with Crippen LogP contribution in [-0.4, -0.2) is 37.2 Å². The third-order valence-electron chi connectivity index (χ3n) is 2.31. The van der Waals surface area contributed by atoms with Gasteiger partial charge < -0.3 is 20.9 Å². The predicted octanol–water partition coefficient (Wildman–Crippen LogP) is 1.16. The van der Waals surface area contributed by atoms with Crippen LogP contribution in [0.25, 0.3) is 0 Å². The van der Waals surface area contributed by atoms with Gasteiger partial charge in [-0.25, -0.2) is 0 Å². The van der Waals surface area contributed by atoms with Crippen LogP contribution in [0.5, 0.6) is 0 Å². The molecule has 0 aliphatic heterocycles. The number of hydrogen-bond acceptors (Lipinski definition) is 5. The second-order valence-electron chi connectivity index (χ2n) is 3.65. The summed E-state index contributed by atoms with van der Waals surface area (Å²) < 4.78 is 5.18. The van der Waals surface area contributed by atoms with Crippen LogP contribution in [0.2, 0.25) is 0 Å². The molecule has 0 aliphatic carbocycles. The quantitative estimate of drug-likeness (QED) is 0.320. The first kappa shape index (κ1) is 14.2. The largest absolute Gasteiger partial charge is 0.399 e. The molecule has 0 aliphatic rings. The molecule has 0 atom stereocenters. The number of aliphatic hydroxyl groups excluding tert-OH is 1. The van der Waals surface area contributed by atoms with Crippen LogP contribution in [0.1, 0.15) is 5.56 Å². The summed E-state index contributed by atoms with van der Waals surface area (Å²) in [5, 5.41) is 11.8. The van der Waals surface area contributed by atoms with Gasteiger partial charge in [0.1, 0.15) is 0 Å². The summed E-state index contributed by atoms with van der Waals surface area (Å²) in [5.74, 6) is 0.791. The zero-order valence-corrected chi connectivity index (χ0v) is 10.7. The first-order valence-electron chi connectivity index (χ1n) is 5.69. The zero-order valence-electron chi connectivity index (χ0n) is 9.85. The van der Waals surface area contributed by atoms with Crippen molar-refractivity contribution in [3.8, 4) is 0 Å². The molecule has 1 aromatic rings. The van der Waals surface area contributed by atoms with Crippen molar-refractivity contribution in [1.82, 2.24) is 0 Å². The minimum absolute atomic E-state index is 0.0623. The molecule has 0 aromatic heterocycles. The summed E-state index contributed by atoms with van der Waals surface area (Å²) in [5.41, 5.74) is 8.75. The summed E-state index contributed by atoms with van der Waals surface area (Å²) in [6.45, 7) is 1.73. The number of benzene rings is 1. The number of aliphatic hydroxyl groups is 1. The predicted molar refractivity (Wildman–Crippen MR) is 74.8 cm³/mol. The topological polar surface area (TPSA) is 67.5 Å². The lowest BCUT2D eigenvalue weighted by Gasteiger charge is -2.12. The number of hydrogen-bond donors (Lipinski definition) is 4. The van der Waals surface area contributed by atoms with E-state index in [0.29, 0.717) is 19.8 Å². The van der Waals surface area contributed by atoms with Gasteiger partial charge in [-0.05, 0) is 35.9 Å². The van der Waals surface area contributed by atoms with Crippen LogP contribution in [0.4, 0.5) is 11.4 Å². The molecule has 17 heavy (non-hydrogen) atoms. The van der Waals surface area contributed by atoms with Gasteiger partial charge in [0.25, 0.3) is 0 Å². The third-order valence-corrected chi connectivity index (χ3v) is 2.53. The molecule has 4 N–H and O–H groups in total. The maximum atomic E-state index is 8.56. The van der Waals surface area contributed by atoms with E-state index < -0.39 is 0 Å². The minimum atomic E-state index is 0.0623. The van der Waals surface area contributed by atoms with E-state index in [9.17, 15) is 0 Å². The van der Waals surface area contributed by atoms with Crippen molar-refractivity contribution in [1.29, 1.82) is 0 Å². The van der Waals surface area contributed by atoms with Gasteiger partial charge in [0, 0.05) is 17.9 Å². The van der Waals surface area contributed by atoms with Crippen molar-refractivity contribution in [3.63, 3.8) is 0 Å². The Balaban J connectivity index is 2.45. The van der Waals surface area contributed by atoms with Crippen molar-refractivity contribution in [2.24, 2.45) is 0 Å². The van der Waals surface area contributed by atoms with Crippen molar-refractivity contribution in [3.05, 3.63) is 23.8 Å². The zero-order chi connectivity index (χ0) is 12.5. The Morgan fingerprint density at radius 3 is 2.88 bits per heavy atom. The number of anilines is 2. The standard InChI is InChI=1S/C12H20N2O2S/c13-11-1-2-12(10(9-11)3-8-17)14-4-6-16-7-5-15/h1-2,9,14-15,17H,3-8,13H2. The Bertz CT molecular complexity index is 334. The lowest BCUT2D eigenvalue weighted by atomic mass is 10.1. The van der Waals surface area contributed by atoms with E-state index in [0.717, 1.165) is 23.5 Å². The fourth-order valence-corrected chi connectivity index (χ4v) is 1.78. The molecule has 0 unspecified atom stereocenters. The highest BCUT2D eigenvalue weighted by Crippen LogP contribution is 2.19. The molecule has 0 saturated heterocycles. The smallest absolute Gasteiger partial charge is 0.0698 e. The molecule has 4 nitrogen and oxygen atoms in total. The molecular formula is C12H20N2O2S. The lowest BCUT2D eigenvalue weighted by Crippen LogP contribution is -2.12. The van der Waals surface area contributed by atoms with E-state index >= 15 is 0 Å². The number of ether oxygens (including phenoxy) is 1. The van der Waals surface area contributed by atoms with Gasteiger partial charge in [-0.2, -0.15) is 12.6 Å². The van der Waals surface area contributed by atoms with E-state index in [1.165, 1.54) is 5.56 Å². The average molecular weight is 256 g/mol. The number of nitrogen functional groups attached to an aromatic ring is 1. The Kier molecular flexibility index (Phi) is 6.84. The van der Waals surface area contributed by atoms with Crippen molar-refractivity contribution >= 4 is 24.0 Å². The molecule has 0 radical (unpaired) electrons. The van der Waals surface area contributed by atoms with Crippen molar-refractivity contribution in [2.45, 2.75) is 6.42 Å². The number of rotatable bonds is 8. The van der Waals surface area contributed by atoms with Gasteiger partial charge in [-0.3, -0.25) is 0 Å². The van der Waals surface area contributed by atoms with Gasteiger partial charge >= 0.3 is 0 Å². The number of nitrogens with one attached hydrogen (secondary N) is 1. The Hall–Kier alpha value is -0.910. The first-order chi connectivity index (χ1) is 8.27. The van der Waals surface area contributed by atoms with Crippen LogP contribution in [0.15, 0.2) is 18.2 Å². The second kappa shape index (κ2) is 8.22. The molecule has 1 rings (SSSR count). The highest BCUT2D eigenvalue weighted by atomic mass is 32.1. The number of nitrogens with two attached hydrogens (primary N) is 1. The number of thiol groups is 1. The van der Waals surface area contributed by atoms with E-state index in [4.69, 9.17) is 15.6 Å². The summed E-state index contributed by atoms with van der Waals surface area (Å²) in [6, 6.07) is 5.81. The average Bonchev–Trinajstić information content (AvgIpc) is 2.32. The Labute approximate surface area is 108 Å². The molecule has 1 aromatic carbocycles. The number of aryl methyl sites for hydroxylation is 1. The highest BCUT2D eigenvalue weighted by molar-refractivity contribution is 7.80. The maximum absolute atomic E-state index is 8.56. The van der Waals surface area contributed by atoms with Crippen LogP contribution in [0, 0.1) is 0 Å².